The number of non-ortho nitro benzene ring substituents is 2. The molecule has 2 rings (SSSR count). The van der Waals surface area contributed by atoms with Gasteiger partial charge in [-0.3, -0.25) is 20.2 Å². The minimum absolute atomic E-state index is 0.00905. The largest absolute Gasteiger partial charge is 0.508 e. The van der Waals surface area contributed by atoms with E-state index >= 15 is 0 Å². The SMILES string of the molecule is CCC[C@H](Cc1ccc([N+](=O)[O-])cc1)OC(=O)O[C@H](CCC)Cc1ccc([N+](=O)[O-])cc1. The third kappa shape index (κ3) is 7.98. The first-order chi connectivity index (χ1) is 15.3. The van der Waals surface area contributed by atoms with Crippen molar-refractivity contribution in [2.75, 3.05) is 0 Å². The maximum absolute atomic E-state index is 12.5. The Labute approximate surface area is 186 Å². The van der Waals surface area contributed by atoms with Gasteiger partial charge in [-0.2, -0.15) is 0 Å². The Morgan fingerprint density at radius 3 is 1.38 bits per heavy atom. The van der Waals surface area contributed by atoms with E-state index in [9.17, 15) is 25.0 Å². The molecule has 2 atom stereocenters. The van der Waals surface area contributed by atoms with Crippen LogP contribution in [0, 0.1) is 20.2 Å². The molecule has 32 heavy (non-hydrogen) atoms. The van der Waals surface area contributed by atoms with E-state index in [0.717, 1.165) is 24.0 Å². The summed E-state index contributed by atoms with van der Waals surface area (Å²) in [5.41, 5.74) is 1.68. The lowest BCUT2D eigenvalue weighted by Gasteiger charge is -2.21. The third-order valence-corrected chi connectivity index (χ3v) is 4.97. The van der Waals surface area contributed by atoms with Gasteiger partial charge < -0.3 is 9.47 Å². The highest BCUT2D eigenvalue weighted by Gasteiger charge is 2.21. The van der Waals surface area contributed by atoms with Crippen LogP contribution >= 0.6 is 0 Å². The van der Waals surface area contributed by atoms with Crippen LogP contribution in [0.2, 0.25) is 0 Å². The number of nitro groups is 2. The zero-order valence-corrected chi connectivity index (χ0v) is 18.3. The van der Waals surface area contributed by atoms with Crippen molar-refractivity contribution >= 4 is 17.5 Å². The Morgan fingerprint density at radius 1 is 0.750 bits per heavy atom. The Morgan fingerprint density at radius 2 is 1.09 bits per heavy atom. The third-order valence-electron chi connectivity index (χ3n) is 4.97. The molecule has 172 valence electrons. The second-order valence-electron chi connectivity index (χ2n) is 7.56. The Balaban J connectivity index is 1.97. The summed E-state index contributed by atoms with van der Waals surface area (Å²) in [7, 11) is 0. The molecule has 0 aromatic heterocycles. The smallest absolute Gasteiger partial charge is 0.431 e. The number of hydrogen-bond acceptors (Lipinski definition) is 7. The molecule has 0 unspecified atom stereocenters. The molecule has 0 spiro atoms. The molecule has 0 heterocycles. The summed E-state index contributed by atoms with van der Waals surface area (Å²) in [6.45, 7) is 3.96. The quantitative estimate of drug-likeness (QED) is 0.231. The highest BCUT2D eigenvalue weighted by molar-refractivity contribution is 5.60. The molecule has 0 aliphatic rings. The summed E-state index contributed by atoms with van der Waals surface area (Å²) >= 11 is 0. The maximum Gasteiger partial charge on any atom is 0.508 e. The zero-order chi connectivity index (χ0) is 23.5. The van der Waals surface area contributed by atoms with Gasteiger partial charge in [0.05, 0.1) is 9.85 Å². The van der Waals surface area contributed by atoms with Crippen LogP contribution in [0.4, 0.5) is 16.2 Å². The number of nitro benzene ring substituents is 2. The molecule has 2 aromatic carbocycles. The van der Waals surface area contributed by atoms with Crippen molar-refractivity contribution in [3.8, 4) is 0 Å². The highest BCUT2D eigenvalue weighted by atomic mass is 16.7. The molecule has 0 aliphatic heterocycles. The average Bonchev–Trinajstić information content (AvgIpc) is 2.74. The Hall–Kier alpha value is -3.49. The van der Waals surface area contributed by atoms with Crippen LogP contribution in [-0.4, -0.2) is 28.2 Å². The first kappa shape index (κ1) is 24.8. The standard InChI is InChI=1S/C23H28N2O7/c1-3-5-21(15-17-7-11-19(12-8-17)24(27)28)31-23(26)32-22(6-4-2)16-18-9-13-20(14-10-18)25(29)30/h7-14,21-22H,3-6,15-16H2,1-2H3/t21-,22-/m1/s1. The van der Waals surface area contributed by atoms with Crippen LogP contribution in [-0.2, 0) is 22.3 Å². The lowest BCUT2D eigenvalue weighted by atomic mass is 10.0. The first-order valence-corrected chi connectivity index (χ1v) is 10.7. The van der Waals surface area contributed by atoms with Gasteiger partial charge in [0.15, 0.2) is 0 Å². The molecule has 0 radical (unpaired) electrons. The van der Waals surface area contributed by atoms with Crippen molar-refractivity contribution in [3.63, 3.8) is 0 Å². The van der Waals surface area contributed by atoms with E-state index in [-0.39, 0.29) is 11.4 Å². The van der Waals surface area contributed by atoms with Crippen molar-refractivity contribution in [1.82, 2.24) is 0 Å². The van der Waals surface area contributed by atoms with E-state index in [1.165, 1.54) is 24.3 Å². The van der Waals surface area contributed by atoms with E-state index in [0.29, 0.717) is 25.7 Å². The van der Waals surface area contributed by atoms with E-state index < -0.39 is 28.2 Å². The van der Waals surface area contributed by atoms with Gasteiger partial charge >= 0.3 is 6.16 Å². The van der Waals surface area contributed by atoms with Gasteiger partial charge in [0.2, 0.25) is 0 Å². The zero-order valence-electron chi connectivity index (χ0n) is 18.3. The van der Waals surface area contributed by atoms with Crippen molar-refractivity contribution in [1.29, 1.82) is 0 Å². The fourth-order valence-corrected chi connectivity index (χ4v) is 3.38. The summed E-state index contributed by atoms with van der Waals surface area (Å²) in [5.74, 6) is 0. The van der Waals surface area contributed by atoms with Crippen LogP contribution in [0.3, 0.4) is 0 Å². The monoisotopic (exact) mass is 444 g/mol. The van der Waals surface area contributed by atoms with Crippen molar-refractivity contribution in [2.24, 2.45) is 0 Å². The number of benzene rings is 2. The summed E-state index contributed by atoms with van der Waals surface area (Å²) in [6, 6.07) is 12.3. The molecule has 9 nitrogen and oxygen atoms in total. The van der Waals surface area contributed by atoms with Crippen LogP contribution in [0.25, 0.3) is 0 Å². The predicted molar refractivity (Wildman–Crippen MR) is 119 cm³/mol. The molecule has 2 aromatic rings. The van der Waals surface area contributed by atoms with E-state index in [1.807, 2.05) is 13.8 Å². The molecule has 0 amide bonds. The van der Waals surface area contributed by atoms with E-state index in [2.05, 4.69) is 0 Å². The fraction of sp³-hybridized carbons (Fsp3) is 0.435. The minimum Gasteiger partial charge on any atom is -0.431 e. The number of hydrogen-bond donors (Lipinski definition) is 0. The number of ether oxygens (including phenoxy) is 2. The van der Waals surface area contributed by atoms with Gasteiger partial charge in [-0.1, -0.05) is 51.0 Å². The van der Waals surface area contributed by atoms with Gasteiger partial charge in [0, 0.05) is 37.1 Å². The van der Waals surface area contributed by atoms with Gasteiger partial charge in [-0.25, -0.2) is 4.79 Å². The molecule has 9 heteroatoms. The first-order valence-electron chi connectivity index (χ1n) is 10.7. The fourth-order valence-electron chi connectivity index (χ4n) is 3.38. The van der Waals surface area contributed by atoms with Gasteiger partial charge in [-0.15, -0.1) is 0 Å². The van der Waals surface area contributed by atoms with Crippen LogP contribution in [0.5, 0.6) is 0 Å². The van der Waals surface area contributed by atoms with Gasteiger partial charge in [0.1, 0.15) is 12.2 Å². The van der Waals surface area contributed by atoms with Gasteiger partial charge in [-0.05, 0) is 24.0 Å². The lowest BCUT2D eigenvalue weighted by molar-refractivity contribution is -0.385. The molecular formula is C23H28N2O7. The van der Waals surface area contributed by atoms with E-state index in [4.69, 9.17) is 9.47 Å². The number of rotatable bonds is 12. The molecular weight excluding hydrogens is 416 g/mol. The number of carbonyl (C=O) groups is 1. The average molecular weight is 444 g/mol. The molecule has 0 fully saturated rings. The van der Waals surface area contributed by atoms with Crippen LogP contribution in [0.15, 0.2) is 48.5 Å². The summed E-state index contributed by atoms with van der Waals surface area (Å²) < 4.78 is 11.1. The lowest BCUT2D eigenvalue weighted by Crippen LogP contribution is -2.26. The maximum atomic E-state index is 12.5. The summed E-state index contributed by atoms with van der Waals surface area (Å²) in [4.78, 5) is 33.2. The summed E-state index contributed by atoms with van der Waals surface area (Å²) in [6.07, 6.45) is 2.15. The molecule has 0 bridgehead atoms. The van der Waals surface area contributed by atoms with Crippen molar-refractivity contribution in [2.45, 2.75) is 64.6 Å². The topological polar surface area (TPSA) is 122 Å². The molecule has 0 N–H and O–H groups in total. The molecule has 0 aliphatic carbocycles. The van der Waals surface area contributed by atoms with Crippen LogP contribution in [0.1, 0.15) is 50.7 Å². The Kier molecular flexibility index (Phi) is 9.59. The second kappa shape index (κ2) is 12.4. The number of carbonyl (C=O) groups excluding carboxylic acids is 1. The van der Waals surface area contributed by atoms with Crippen LogP contribution < -0.4 is 0 Å². The second-order valence-corrected chi connectivity index (χ2v) is 7.56. The normalized spacial score (nSPS) is 12.6. The number of nitrogens with zero attached hydrogens (tertiary/aromatic N) is 2. The molecule has 0 saturated carbocycles. The van der Waals surface area contributed by atoms with Crippen molar-refractivity contribution in [3.05, 3.63) is 79.9 Å². The predicted octanol–water partition coefficient (Wildman–Crippen LogP) is 5.78. The van der Waals surface area contributed by atoms with Gasteiger partial charge in [0.25, 0.3) is 11.4 Å². The van der Waals surface area contributed by atoms with E-state index in [1.54, 1.807) is 24.3 Å². The van der Waals surface area contributed by atoms with Crippen molar-refractivity contribution < 1.29 is 24.1 Å². The highest BCUT2D eigenvalue weighted by Crippen LogP contribution is 2.19. The summed E-state index contributed by atoms with van der Waals surface area (Å²) in [5, 5.41) is 21.6. The minimum atomic E-state index is -0.759. The Bertz CT molecular complexity index is 824. The molecule has 0 saturated heterocycles.